The number of anilines is 1. The highest BCUT2D eigenvalue weighted by Crippen LogP contribution is 2.14. The molecule has 0 saturated carbocycles. The summed E-state index contributed by atoms with van der Waals surface area (Å²) in [5.74, 6) is 1.37. The number of nitrogens with zero attached hydrogens (tertiary/aromatic N) is 8. The molecule has 4 aromatic heterocycles. The normalized spacial score (nSPS) is 11.1. The minimum Gasteiger partial charge on any atom is -0.288 e. The van der Waals surface area contributed by atoms with Crippen LogP contribution in [0.15, 0.2) is 36.8 Å². The molecule has 10 nitrogen and oxygen atoms in total. The second kappa shape index (κ2) is 5.26. The van der Waals surface area contributed by atoms with E-state index in [2.05, 4.69) is 30.7 Å². The summed E-state index contributed by atoms with van der Waals surface area (Å²) in [4.78, 5) is 20.7. The highest BCUT2D eigenvalue weighted by molar-refractivity contribution is 6.01. The van der Waals surface area contributed by atoms with Gasteiger partial charge in [0.15, 0.2) is 11.3 Å². The van der Waals surface area contributed by atoms with Crippen LogP contribution < -0.4 is 5.32 Å². The molecule has 1 N–H and O–H groups in total. The number of imidazole rings is 1. The van der Waals surface area contributed by atoms with Crippen LogP contribution >= 0.6 is 0 Å². The maximum Gasteiger partial charge on any atom is 0.280 e. The fourth-order valence-corrected chi connectivity index (χ4v) is 2.36. The molecule has 4 heterocycles. The number of rotatable bonds is 3. The Kier molecular flexibility index (Phi) is 3.08. The first-order valence-electron chi connectivity index (χ1n) is 7.15. The van der Waals surface area contributed by atoms with Gasteiger partial charge < -0.3 is 0 Å². The summed E-state index contributed by atoms with van der Waals surface area (Å²) in [6.45, 7) is 1.90. The Bertz CT molecular complexity index is 1040. The first kappa shape index (κ1) is 14.1. The lowest BCUT2D eigenvalue weighted by Crippen LogP contribution is -2.13. The molecule has 120 valence electrons. The Morgan fingerprint density at radius 3 is 2.88 bits per heavy atom. The fraction of sp³-hybridized carbons (Fsp3) is 0.143. The van der Waals surface area contributed by atoms with Crippen LogP contribution in [0.3, 0.4) is 0 Å². The molecule has 0 unspecified atom stereocenters. The number of hydrogen-bond donors (Lipinski definition) is 1. The van der Waals surface area contributed by atoms with Gasteiger partial charge in [0.2, 0.25) is 5.95 Å². The van der Waals surface area contributed by atoms with E-state index in [9.17, 15) is 4.79 Å². The zero-order chi connectivity index (χ0) is 16.7. The van der Waals surface area contributed by atoms with Crippen molar-refractivity contribution < 1.29 is 4.79 Å². The van der Waals surface area contributed by atoms with Crippen LogP contribution in [-0.2, 0) is 7.05 Å². The lowest BCUT2D eigenvalue weighted by Gasteiger charge is -2.06. The van der Waals surface area contributed by atoms with Gasteiger partial charge in [0.25, 0.3) is 5.91 Å². The van der Waals surface area contributed by atoms with E-state index in [0.717, 1.165) is 11.6 Å². The number of amides is 1. The molecule has 0 aliphatic rings. The largest absolute Gasteiger partial charge is 0.288 e. The number of aromatic nitrogens is 8. The second-order valence-electron chi connectivity index (χ2n) is 5.17. The summed E-state index contributed by atoms with van der Waals surface area (Å²) in [7, 11) is 1.69. The number of nitrogens with one attached hydrogen (secondary N) is 1. The van der Waals surface area contributed by atoms with E-state index >= 15 is 0 Å². The average molecular weight is 323 g/mol. The van der Waals surface area contributed by atoms with E-state index < -0.39 is 5.91 Å². The van der Waals surface area contributed by atoms with Crippen LogP contribution in [-0.4, -0.2) is 45.1 Å². The average Bonchev–Trinajstić information content (AvgIpc) is 3.26. The zero-order valence-corrected chi connectivity index (χ0v) is 13.0. The number of carbonyl (C=O) groups is 1. The van der Waals surface area contributed by atoms with E-state index in [1.807, 2.05) is 29.8 Å². The molecule has 24 heavy (non-hydrogen) atoms. The molecule has 0 spiro atoms. The van der Waals surface area contributed by atoms with E-state index in [1.54, 1.807) is 23.8 Å². The monoisotopic (exact) mass is 323 g/mol. The molecule has 0 aliphatic heterocycles. The van der Waals surface area contributed by atoms with Gasteiger partial charge in [-0.1, -0.05) is 11.3 Å². The maximum absolute atomic E-state index is 12.1. The molecule has 10 heteroatoms. The second-order valence-corrected chi connectivity index (χ2v) is 5.17. The zero-order valence-electron chi connectivity index (χ0n) is 13.0. The summed E-state index contributed by atoms with van der Waals surface area (Å²) >= 11 is 0. The third-order valence-corrected chi connectivity index (χ3v) is 3.47. The van der Waals surface area contributed by atoms with E-state index in [4.69, 9.17) is 0 Å². The molecule has 0 aliphatic carbocycles. The predicted octanol–water partition coefficient (Wildman–Crippen LogP) is 0.604. The summed E-state index contributed by atoms with van der Waals surface area (Å²) < 4.78 is 4.98. The van der Waals surface area contributed by atoms with Gasteiger partial charge in [-0.2, -0.15) is 9.50 Å². The lowest BCUT2D eigenvalue weighted by molar-refractivity contribution is 0.102. The minimum atomic E-state index is -0.417. The Hall–Kier alpha value is -3.56. The third-order valence-electron chi connectivity index (χ3n) is 3.47. The van der Waals surface area contributed by atoms with Crippen molar-refractivity contribution in [2.75, 3.05) is 5.32 Å². The predicted molar refractivity (Wildman–Crippen MR) is 83.8 cm³/mol. The molecular weight excluding hydrogens is 310 g/mol. The van der Waals surface area contributed by atoms with Crippen LogP contribution in [0.4, 0.5) is 5.95 Å². The van der Waals surface area contributed by atoms with Gasteiger partial charge in [0, 0.05) is 19.4 Å². The van der Waals surface area contributed by atoms with Gasteiger partial charge in [-0.05, 0) is 19.1 Å². The van der Waals surface area contributed by atoms with Gasteiger partial charge in [0.05, 0.1) is 6.20 Å². The van der Waals surface area contributed by atoms with Crippen molar-refractivity contribution in [1.82, 2.24) is 39.1 Å². The van der Waals surface area contributed by atoms with Crippen molar-refractivity contribution in [3.05, 3.63) is 48.3 Å². The van der Waals surface area contributed by atoms with Crippen LogP contribution in [0.5, 0.6) is 0 Å². The number of carbonyl (C=O) groups excluding carboxylic acids is 1. The molecule has 0 bridgehead atoms. The number of fused-ring (bicyclic) bond motifs is 1. The smallest absolute Gasteiger partial charge is 0.280 e. The maximum atomic E-state index is 12.1. The van der Waals surface area contributed by atoms with Crippen LogP contribution in [0.25, 0.3) is 11.5 Å². The van der Waals surface area contributed by atoms with Crippen LogP contribution in [0.2, 0.25) is 0 Å². The number of aryl methyl sites for hydroxylation is 2. The summed E-state index contributed by atoms with van der Waals surface area (Å²) in [6, 6.07) is 5.57. The fourth-order valence-electron chi connectivity index (χ4n) is 2.36. The summed E-state index contributed by atoms with van der Waals surface area (Å²) in [5.41, 5.74) is 0.803. The van der Waals surface area contributed by atoms with Crippen molar-refractivity contribution in [1.29, 1.82) is 0 Å². The van der Waals surface area contributed by atoms with Gasteiger partial charge in [-0.15, -0.1) is 10.2 Å². The summed E-state index contributed by atoms with van der Waals surface area (Å²) in [5, 5.41) is 14.5. The molecule has 0 fully saturated rings. The van der Waals surface area contributed by atoms with E-state index in [1.165, 1.54) is 10.9 Å². The Morgan fingerprint density at radius 2 is 2.17 bits per heavy atom. The van der Waals surface area contributed by atoms with Crippen molar-refractivity contribution in [3.63, 3.8) is 0 Å². The Morgan fingerprint density at radius 1 is 1.29 bits per heavy atom. The van der Waals surface area contributed by atoms with Crippen molar-refractivity contribution in [3.8, 4) is 5.82 Å². The molecule has 0 atom stereocenters. The Balaban J connectivity index is 1.71. The van der Waals surface area contributed by atoms with Crippen molar-refractivity contribution in [2.24, 2.45) is 7.05 Å². The first-order valence-corrected chi connectivity index (χ1v) is 7.15. The van der Waals surface area contributed by atoms with Crippen molar-refractivity contribution >= 4 is 17.5 Å². The van der Waals surface area contributed by atoms with Crippen LogP contribution in [0, 0.1) is 6.92 Å². The number of pyridine rings is 1. The SMILES string of the molecule is Cc1nccn1-c1cccc2nc(NC(=O)c3cn(C)nn3)nn12. The van der Waals surface area contributed by atoms with Gasteiger partial charge in [-0.3, -0.25) is 19.4 Å². The number of hydrogen-bond acceptors (Lipinski definition) is 6. The first-order chi connectivity index (χ1) is 11.6. The quantitative estimate of drug-likeness (QED) is 0.591. The molecule has 0 aromatic carbocycles. The Labute approximate surface area is 135 Å². The lowest BCUT2D eigenvalue weighted by atomic mass is 10.4. The molecule has 4 aromatic rings. The third kappa shape index (κ3) is 2.29. The van der Waals surface area contributed by atoms with Crippen molar-refractivity contribution in [2.45, 2.75) is 6.92 Å². The molecular formula is C14H13N9O. The van der Waals surface area contributed by atoms with E-state index in [0.29, 0.717) is 5.65 Å². The van der Waals surface area contributed by atoms with E-state index in [-0.39, 0.29) is 11.6 Å². The molecule has 0 radical (unpaired) electrons. The summed E-state index contributed by atoms with van der Waals surface area (Å²) in [6.07, 6.45) is 5.07. The topological polar surface area (TPSA) is 108 Å². The molecule has 1 amide bonds. The highest BCUT2D eigenvalue weighted by Gasteiger charge is 2.15. The minimum absolute atomic E-state index is 0.191. The van der Waals surface area contributed by atoms with Gasteiger partial charge >= 0.3 is 0 Å². The van der Waals surface area contributed by atoms with Gasteiger partial charge in [0.1, 0.15) is 11.6 Å². The standard InChI is InChI=1S/C14H13N9O/c1-9-15-6-7-22(9)12-5-3-4-11-16-14(19-23(11)12)17-13(24)10-8-21(2)20-18-10/h3-8H,1-2H3,(H,17,19,24). The molecule has 4 rings (SSSR count). The van der Waals surface area contributed by atoms with Crippen LogP contribution in [0.1, 0.15) is 16.3 Å². The highest BCUT2D eigenvalue weighted by atomic mass is 16.2. The molecule has 0 saturated heterocycles. The van der Waals surface area contributed by atoms with Gasteiger partial charge in [-0.25, -0.2) is 4.98 Å².